The van der Waals surface area contributed by atoms with Gasteiger partial charge in [0, 0.05) is 6.61 Å². The third-order valence-corrected chi connectivity index (χ3v) is 2.41. The Morgan fingerprint density at radius 1 is 1.56 bits per heavy atom. The highest BCUT2D eigenvalue weighted by atomic mass is 16.6. The molecular formula is C11H21NO4. The molecule has 1 rings (SSSR count). The Hall–Kier alpha value is -0.650. The number of ether oxygens (including phenoxy) is 3. The van der Waals surface area contributed by atoms with Crippen molar-refractivity contribution >= 4 is 5.97 Å². The summed E-state index contributed by atoms with van der Waals surface area (Å²) in [5.41, 5.74) is 0. The molecule has 0 radical (unpaired) electrons. The fourth-order valence-corrected chi connectivity index (χ4v) is 1.58. The summed E-state index contributed by atoms with van der Waals surface area (Å²) in [5, 5.41) is 3.05. The molecule has 1 fully saturated rings. The zero-order chi connectivity index (χ0) is 11.8. The number of esters is 1. The third-order valence-electron chi connectivity index (χ3n) is 2.41. The van der Waals surface area contributed by atoms with Gasteiger partial charge in [-0.05, 0) is 19.9 Å². The molecule has 0 amide bonds. The van der Waals surface area contributed by atoms with Crippen molar-refractivity contribution < 1.29 is 19.0 Å². The summed E-state index contributed by atoms with van der Waals surface area (Å²) in [6.45, 7) is 6.58. The molecule has 2 unspecified atom stereocenters. The molecule has 0 spiro atoms. The second-order valence-corrected chi connectivity index (χ2v) is 3.68. The zero-order valence-electron chi connectivity index (χ0n) is 10.0. The van der Waals surface area contributed by atoms with E-state index in [1.165, 1.54) is 0 Å². The predicted octanol–water partition coefficient (Wildman–Crippen LogP) is 0.333. The largest absolute Gasteiger partial charge is 0.465 e. The zero-order valence-corrected chi connectivity index (χ0v) is 10.0. The van der Waals surface area contributed by atoms with Gasteiger partial charge in [0.25, 0.3) is 0 Å². The van der Waals surface area contributed by atoms with Crippen LogP contribution in [0.5, 0.6) is 0 Å². The van der Waals surface area contributed by atoms with E-state index < -0.39 is 0 Å². The summed E-state index contributed by atoms with van der Waals surface area (Å²) in [6, 6.07) is -0.370. The fourth-order valence-electron chi connectivity index (χ4n) is 1.58. The Kier molecular flexibility index (Phi) is 6.37. The van der Waals surface area contributed by atoms with E-state index in [1.807, 2.05) is 6.92 Å². The lowest BCUT2D eigenvalue weighted by Crippen LogP contribution is -2.42. The van der Waals surface area contributed by atoms with Crippen molar-refractivity contribution in [2.24, 2.45) is 0 Å². The van der Waals surface area contributed by atoms with E-state index >= 15 is 0 Å². The van der Waals surface area contributed by atoms with Crippen LogP contribution in [0.3, 0.4) is 0 Å². The maximum atomic E-state index is 11.5. The fraction of sp³-hybridized carbons (Fsp3) is 0.909. The molecule has 0 aromatic heterocycles. The second-order valence-electron chi connectivity index (χ2n) is 3.68. The lowest BCUT2D eigenvalue weighted by Gasteiger charge is -2.18. The molecule has 1 saturated heterocycles. The van der Waals surface area contributed by atoms with Gasteiger partial charge in [0.2, 0.25) is 0 Å². The van der Waals surface area contributed by atoms with Crippen molar-refractivity contribution in [2.45, 2.75) is 32.4 Å². The predicted molar refractivity (Wildman–Crippen MR) is 59.3 cm³/mol. The molecule has 1 heterocycles. The average Bonchev–Trinajstić information content (AvgIpc) is 2.77. The van der Waals surface area contributed by atoms with E-state index in [0.29, 0.717) is 26.4 Å². The Balaban J connectivity index is 2.28. The van der Waals surface area contributed by atoms with Gasteiger partial charge in [-0.3, -0.25) is 4.79 Å². The maximum absolute atomic E-state index is 11.5. The Labute approximate surface area is 96.4 Å². The standard InChI is InChI=1S/C11H21NO4/c1-3-12-10(11(13)15-4-2)8-16-9-5-6-14-7-9/h9-10,12H,3-8H2,1-2H3. The first kappa shape index (κ1) is 13.4. The lowest BCUT2D eigenvalue weighted by atomic mass is 10.3. The summed E-state index contributed by atoms with van der Waals surface area (Å²) < 4.78 is 15.8. The van der Waals surface area contributed by atoms with Crippen molar-refractivity contribution in [3.05, 3.63) is 0 Å². The minimum atomic E-state index is -0.370. The quantitative estimate of drug-likeness (QED) is 0.640. The van der Waals surface area contributed by atoms with E-state index in [-0.39, 0.29) is 18.1 Å². The van der Waals surface area contributed by atoms with Gasteiger partial charge in [0.05, 0.1) is 25.9 Å². The van der Waals surface area contributed by atoms with Crippen LogP contribution in [0.2, 0.25) is 0 Å². The third kappa shape index (κ3) is 4.47. The van der Waals surface area contributed by atoms with Gasteiger partial charge in [-0.2, -0.15) is 0 Å². The van der Waals surface area contributed by atoms with Gasteiger partial charge >= 0.3 is 5.97 Å². The molecular weight excluding hydrogens is 210 g/mol. The van der Waals surface area contributed by atoms with E-state index in [9.17, 15) is 4.79 Å². The van der Waals surface area contributed by atoms with E-state index in [0.717, 1.165) is 13.0 Å². The molecule has 1 aliphatic heterocycles. The molecule has 5 heteroatoms. The number of hydrogen-bond acceptors (Lipinski definition) is 5. The first-order chi connectivity index (χ1) is 7.77. The molecule has 1 N–H and O–H groups in total. The highest BCUT2D eigenvalue weighted by molar-refractivity contribution is 5.75. The number of rotatable bonds is 7. The van der Waals surface area contributed by atoms with Gasteiger partial charge in [-0.25, -0.2) is 0 Å². The van der Waals surface area contributed by atoms with Crippen molar-refractivity contribution in [1.29, 1.82) is 0 Å². The molecule has 94 valence electrons. The second kappa shape index (κ2) is 7.60. The molecule has 1 aliphatic rings. The number of carbonyl (C=O) groups is 1. The molecule has 0 saturated carbocycles. The number of likely N-dealkylation sites (N-methyl/N-ethyl adjacent to an activating group) is 1. The average molecular weight is 231 g/mol. The van der Waals surface area contributed by atoms with E-state index in [4.69, 9.17) is 14.2 Å². The molecule has 0 aliphatic carbocycles. The van der Waals surface area contributed by atoms with Gasteiger partial charge in [0.15, 0.2) is 0 Å². The highest BCUT2D eigenvalue weighted by Gasteiger charge is 2.22. The van der Waals surface area contributed by atoms with Crippen molar-refractivity contribution in [3.8, 4) is 0 Å². The summed E-state index contributed by atoms with van der Waals surface area (Å²) in [6.07, 6.45) is 1.03. The van der Waals surface area contributed by atoms with E-state index in [2.05, 4.69) is 5.32 Å². The smallest absolute Gasteiger partial charge is 0.325 e. The van der Waals surface area contributed by atoms with Crippen LogP contribution in [0.4, 0.5) is 0 Å². The number of nitrogens with one attached hydrogen (secondary N) is 1. The molecule has 0 aromatic rings. The number of hydrogen-bond donors (Lipinski definition) is 1. The molecule has 0 aromatic carbocycles. The Morgan fingerprint density at radius 2 is 2.38 bits per heavy atom. The summed E-state index contributed by atoms with van der Waals surface area (Å²) in [4.78, 5) is 11.5. The van der Waals surface area contributed by atoms with E-state index in [1.54, 1.807) is 6.92 Å². The van der Waals surface area contributed by atoms with Gasteiger partial charge < -0.3 is 19.5 Å². The monoisotopic (exact) mass is 231 g/mol. The van der Waals surface area contributed by atoms with Crippen LogP contribution in [0.1, 0.15) is 20.3 Å². The summed E-state index contributed by atoms with van der Waals surface area (Å²) in [7, 11) is 0. The first-order valence-corrected chi connectivity index (χ1v) is 5.87. The van der Waals surface area contributed by atoms with Crippen molar-refractivity contribution in [1.82, 2.24) is 5.32 Å². The van der Waals surface area contributed by atoms with Crippen LogP contribution in [0, 0.1) is 0 Å². The van der Waals surface area contributed by atoms with Crippen molar-refractivity contribution in [2.75, 3.05) is 33.0 Å². The van der Waals surface area contributed by atoms with Crippen LogP contribution in [-0.4, -0.2) is 51.1 Å². The first-order valence-electron chi connectivity index (χ1n) is 5.87. The van der Waals surface area contributed by atoms with Crippen LogP contribution in [-0.2, 0) is 19.0 Å². The molecule has 2 atom stereocenters. The van der Waals surface area contributed by atoms with Crippen LogP contribution < -0.4 is 5.32 Å². The summed E-state index contributed by atoms with van der Waals surface area (Å²) >= 11 is 0. The minimum Gasteiger partial charge on any atom is -0.465 e. The van der Waals surface area contributed by atoms with Crippen LogP contribution in [0.25, 0.3) is 0 Å². The SMILES string of the molecule is CCNC(COC1CCOC1)C(=O)OCC. The molecule has 5 nitrogen and oxygen atoms in total. The summed E-state index contributed by atoms with van der Waals surface area (Å²) in [5.74, 6) is -0.247. The Bertz CT molecular complexity index is 204. The highest BCUT2D eigenvalue weighted by Crippen LogP contribution is 2.08. The maximum Gasteiger partial charge on any atom is 0.325 e. The van der Waals surface area contributed by atoms with Gasteiger partial charge in [-0.15, -0.1) is 0 Å². The van der Waals surface area contributed by atoms with Crippen molar-refractivity contribution in [3.63, 3.8) is 0 Å². The number of carbonyl (C=O) groups excluding carboxylic acids is 1. The van der Waals surface area contributed by atoms with Crippen LogP contribution >= 0.6 is 0 Å². The normalized spacial score (nSPS) is 22.0. The van der Waals surface area contributed by atoms with Crippen LogP contribution in [0.15, 0.2) is 0 Å². The molecule has 16 heavy (non-hydrogen) atoms. The topological polar surface area (TPSA) is 56.8 Å². The Morgan fingerprint density at radius 3 is 2.94 bits per heavy atom. The molecule has 0 bridgehead atoms. The van der Waals surface area contributed by atoms with Gasteiger partial charge in [0.1, 0.15) is 6.04 Å². The lowest BCUT2D eigenvalue weighted by molar-refractivity contribution is -0.148. The van der Waals surface area contributed by atoms with Gasteiger partial charge in [-0.1, -0.05) is 6.92 Å². The minimum absolute atomic E-state index is 0.121.